The minimum atomic E-state index is -4.61. The third-order valence-corrected chi connectivity index (χ3v) is 29.3. The van der Waals surface area contributed by atoms with Crippen LogP contribution in [-0.4, -0.2) is 213 Å². The number of hydrogen-bond donors (Lipinski definition) is 0. The van der Waals surface area contributed by atoms with Gasteiger partial charge in [-0.05, 0) is 122 Å². The highest BCUT2D eigenvalue weighted by molar-refractivity contribution is 6.35. The smallest absolute Gasteiger partial charge is 0.451 e. The molecule has 8 atom stereocenters. The number of anilines is 4. The Kier molecular flexibility index (Phi) is 27.7. The molecule has 9 aliphatic rings. The lowest BCUT2D eigenvalue weighted by Gasteiger charge is -2.40. The first-order chi connectivity index (χ1) is 67.8. The van der Waals surface area contributed by atoms with Crippen LogP contribution in [0.25, 0.3) is 43.6 Å². The first-order valence-electron chi connectivity index (χ1n) is 46.7. The van der Waals surface area contributed by atoms with E-state index in [9.17, 15) is 90.8 Å². The Balaban J connectivity index is 0.000000126. The molecule has 21 rings (SSSR count). The zero-order chi connectivity index (χ0) is 102. The number of methoxy groups -OCH3 is 1. The van der Waals surface area contributed by atoms with Gasteiger partial charge in [-0.15, -0.1) is 40.8 Å². The number of piperidine rings is 4. The van der Waals surface area contributed by atoms with Crippen LogP contribution in [0, 0.1) is 57.5 Å². The molecule has 4 aromatic carbocycles. The van der Waals surface area contributed by atoms with Crippen molar-refractivity contribution in [3.05, 3.63) is 187 Å². The highest BCUT2D eigenvalue weighted by Crippen LogP contribution is 2.48. The first-order valence-corrected chi connectivity index (χ1v) is 47.8. The lowest BCUT2D eigenvalue weighted by Crippen LogP contribution is -2.49. The summed E-state index contributed by atoms with van der Waals surface area (Å²) in [5, 5.41) is 44.5. The number of benzene rings is 4. The Morgan fingerprint density at radius 1 is 0.392 bits per heavy atom. The number of nitrogens with zero attached hydrogens (tertiary/aromatic N) is 25. The van der Waals surface area contributed by atoms with Crippen molar-refractivity contribution in [1.82, 2.24) is 98.6 Å². The van der Waals surface area contributed by atoms with Crippen molar-refractivity contribution in [2.24, 2.45) is 47.3 Å². The Morgan fingerprint density at radius 2 is 0.755 bits per heavy atom. The van der Waals surface area contributed by atoms with Crippen LogP contribution in [0.15, 0.2) is 104 Å². The fourth-order valence-electron chi connectivity index (χ4n) is 21.1. The van der Waals surface area contributed by atoms with E-state index in [1.807, 2.05) is 61.8 Å². The van der Waals surface area contributed by atoms with Crippen LogP contribution in [0.3, 0.4) is 0 Å². The van der Waals surface area contributed by atoms with Gasteiger partial charge in [-0.3, -0.25) is 44.2 Å². The van der Waals surface area contributed by atoms with Gasteiger partial charge in [-0.2, -0.15) is 52.7 Å². The number of carbonyl (C=O) groups is 4. The monoisotopic (exact) mass is 2060 g/mol. The van der Waals surface area contributed by atoms with Crippen LogP contribution < -0.4 is 24.3 Å². The Labute approximate surface area is 822 Å². The number of alkyl halides is 14. The van der Waals surface area contributed by atoms with Gasteiger partial charge >= 0.3 is 30.4 Å². The quantitative estimate of drug-likeness (QED) is 0.0623. The molecule has 0 radical (unpaired) electrons. The lowest BCUT2D eigenvalue weighted by molar-refractivity contribution is -0.384. The molecule has 0 N–H and O–H groups in total. The largest absolute Gasteiger partial charge is 0.497 e. The maximum Gasteiger partial charge on any atom is 0.451 e. The maximum absolute atomic E-state index is 13.8. The molecule has 0 spiro atoms. The van der Waals surface area contributed by atoms with Crippen LogP contribution in [0.1, 0.15) is 137 Å². The summed E-state index contributed by atoms with van der Waals surface area (Å²) in [6.45, 7) is 14.0. The fraction of sp³-hybridized carbons (Fsp3) is 0.489. The minimum Gasteiger partial charge on any atom is -0.497 e. The van der Waals surface area contributed by atoms with Crippen LogP contribution in [0.5, 0.6) is 5.75 Å². The number of nitro groups is 1. The minimum absolute atomic E-state index is 0.0203. The summed E-state index contributed by atoms with van der Waals surface area (Å²) in [6.07, 6.45) is -7.49. The van der Waals surface area contributed by atoms with Crippen molar-refractivity contribution in [1.29, 1.82) is 0 Å². The van der Waals surface area contributed by atoms with Gasteiger partial charge in [-0.1, -0.05) is 86.8 Å². The topological polar surface area (TPSA) is 321 Å². The SMILES string of the molecule is CC1CN(c2ccnc3ccc(Cl)cc23)CCC1C(=O)N1CCn2c(nnc2C(F)(F)F)C1.COc1ccc2c(N3CC[C@H](C(=O)N4CCn5c(nnc5C(F)(F)F)C4)[C@H](C)C3)c([N+](=O)[O-])cnc2c1.C[C@@H]1CN(c2c(Cl)cnc3cc(C(C)(F)F)ccc23)CC[C@@H]1C(=O)N1CCn2c(nnc2C(F)(F)F)C1.C[C@@H]1CN(c2c(Cl)cnc3cc(C4CC4)ccc23)CC[C@@H]1C(=O)N1CCn2c(nnc2C(F)(F)F)C1. The normalized spacial score (nSPS) is 21.3. The summed E-state index contributed by atoms with van der Waals surface area (Å²) in [4.78, 5) is 96.9. The van der Waals surface area contributed by atoms with E-state index in [2.05, 4.69) is 88.7 Å². The van der Waals surface area contributed by atoms with E-state index in [1.54, 1.807) is 51.4 Å². The molecule has 49 heteroatoms. The molecule has 4 saturated heterocycles. The number of ether oxygens (including phenoxy) is 1. The van der Waals surface area contributed by atoms with Crippen molar-refractivity contribution in [2.75, 3.05) is 105 Å². The van der Waals surface area contributed by atoms with E-state index in [0.717, 1.165) is 58.4 Å². The van der Waals surface area contributed by atoms with Gasteiger partial charge in [0, 0.05) is 198 Å². The van der Waals surface area contributed by atoms with Crippen molar-refractivity contribution < 1.29 is 90.3 Å². The molecule has 4 amide bonds. The summed E-state index contributed by atoms with van der Waals surface area (Å²) in [6, 6.07) is 23.5. The maximum atomic E-state index is 13.8. The van der Waals surface area contributed by atoms with Crippen LogP contribution in [0.4, 0.5) is 89.9 Å². The van der Waals surface area contributed by atoms with Crippen LogP contribution in [-0.2, 0) is 102 Å². The third-order valence-electron chi connectivity index (χ3n) is 28.5. The second kappa shape index (κ2) is 39.4. The van der Waals surface area contributed by atoms with Gasteiger partial charge in [0.05, 0.1) is 81.7 Å². The molecule has 1 aliphatic carbocycles. The predicted molar refractivity (Wildman–Crippen MR) is 496 cm³/mol. The summed E-state index contributed by atoms with van der Waals surface area (Å²) < 4.78 is 195. The van der Waals surface area contributed by atoms with E-state index < -0.39 is 58.8 Å². The van der Waals surface area contributed by atoms with E-state index in [4.69, 9.17) is 39.5 Å². The van der Waals surface area contributed by atoms with Gasteiger partial charge < -0.3 is 62.2 Å². The van der Waals surface area contributed by atoms with Gasteiger partial charge in [0.1, 0.15) is 17.6 Å². The predicted octanol–water partition coefficient (Wildman–Crippen LogP) is 17.3. The van der Waals surface area contributed by atoms with Gasteiger partial charge in [0.15, 0.2) is 23.3 Å². The molecule has 143 heavy (non-hydrogen) atoms. The Bertz CT molecular complexity index is 6890. The number of aromatic nitrogens is 16. The number of hydrogen-bond acceptors (Lipinski definition) is 23. The van der Waals surface area contributed by atoms with Crippen molar-refractivity contribution in [2.45, 2.75) is 162 Å². The highest BCUT2D eigenvalue weighted by Gasteiger charge is 2.49. The highest BCUT2D eigenvalue weighted by atomic mass is 35.5. The lowest BCUT2D eigenvalue weighted by atomic mass is 9.85. The zero-order valence-electron chi connectivity index (χ0n) is 77.9. The van der Waals surface area contributed by atoms with Crippen molar-refractivity contribution in [3.63, 3.8) is 0 Å². The molecule has 12 aromatic rings. The van der Waals surface area contributed by atoms with Gasteiger partial charge in [0.25, 0.3) is 5.92 Å². The fourth-order valence-corrected chi connectivity index (χ4v) is 21.8. The second-order valence-electron chi connectivity index (χ2n) is 37.9. The van der Waals surface area contributed by atoms with Crippen molar-refractivity contribution >= 4 is 130 Å². The number of carbonyl (C=O) groups excluding carboxylic acids is 4. The summed E-state index contributed by atoms with van der Waals surface area (Å²) in [5.41, 5.74) is 6.92. The first kappa shape index (κ1) is 100. The number of pyridine rings is 4. The Hall–Kier alpha value is -12.8. The number of fused-ring (bicyclic) bond motifs is 8. The number of rotatable bonds is 12. The third kappa shape index (κ3) is 20.5. The molecule has 0 bridgehead atoms. The van der Waals surface area contributed by atoms with E-state index in [-0.39, 0.29) is 184 Å². The molecule has 8 aliphatic heterocycles. The molecular formula is C94H96Cl3F14N25O7. The molecule has 758 valence electrons. The van der Waals surface area contributed by atoms with E-state index >= 15 is 0 Å². The zero-order valence-corrected chi connectivity index (χ0v) is 80.1. The summed E-state index contributed by atoms with van der Waals surface area (Å²) in [5.74, 6) is -6.95. The molecule has 2 unspecified atom stereocenters. The molecule has 8 aromatic heterocycles. The van der Waals surface area contributed by atoms with Crippen molar-refractivity contribution in [3.8, 4) is 5.75 Å². The average molecular weight is 2060 g/mol. The molecule has 16 heterocycles. The van der Waals surface area contributed by atoms with Gasteiger partial charge in [0.2, 0.25) is 46.9 Å². The average Bonchev–Trinajstić information content (AvgIpc) is 1.00. The molecular weight excluding hydrogens is 1960 g/mol. The van der Waals surface area contributed by atoms with E-state index in [1.165, 1.54) is 54.9 Å². The standard InChI is InChI=1S/C25H26ClF3N6O.C24H24ClF5N6O.C23H24F3N7O4.C22H22ClF3N6O/c1-14-12-33(22-18-5-4-16(15-2-3-15)10-20(18)30-11-19(22)26)7-6-17(14)23(36)34-8-9-35-21(13-34)31-32-24(35)25(27,28)29;1-13-11-34(20-16-4-3-14(23(2,26)27)9-18(16)31-10-17(20)25)6-5-15(13)21(37)35-7-8-36-19(12-35)32-33-22(36)24(28,29)30;1-13-11-30(20-16-4-3-14(37-2)9-17(16)27-10-18(20)33(35)36)6-5-15(13)21(34)31-7-8-32-19(12-31)28-29-22(32)23(24,25)26;1-13-11-30(18-4-6-27-17-3-2-14(23)10-16(17)18)7-5-15(13)20(33)31-8-9-32-19(12-31)28-29-21(32)22(24,25)26/h4-5,10-11,14-15,17H,2-3,6-9,12-13H2,1H3;2*3-4,9-10,13,15H,5-8,11-12H2,1-2H3;2-4,6,10,13,15H,5,7-9,11-12H2,1H3/t14-,17+;2*13-,15+;/m111./s1. The molecule has 32 nitrogen and oxygen atoms in total. The second-order valence-corrected chi connectivity index (χ2v) is 39.1. The summed E-state index contributed by atoms with van der Waals surface area (Å²) in [7, 11) is 1.53. The number of amides is 4. The Morgan fingerprint density at radius 3 is 1.14 bits per heavy atom. The summed E-state index contributed by atoms with van der Waals surface area (Å²) >= 11 is 19.3. The van der Waals surface area contributed by atoms with Crippen LogP contribution in [0.2, 0.25) is 15.1 Å². The van der Waals surface area contributed by atoms with Gasteiger partial charge in [-0.25, -0.2) is 13.8 Å². The molecule has 1 saturated carbocycles. The van der Waals surface area contributed by atoms with Crippen LogP contribution >= 0.6 is 34.8 Å². The molecule has 5 fully saturated rings. The van der Waals surface area contributed by atoms with E-state index in [0.29, 0.717) is 138 Å². The number of halogens is 17.